The van der Waals surface area contributed by atoms with Gasteiger partial charge in [0.25, 0.3) is 0 Å². The lowest BCUT2D eigenvalue weighted by molar-refractivity contribution is -0.445. The lowest BCUT2D eigenvalue weighted by atomic mass is 10.3. The predicted molar refractivity (Wildman–Crippen MR) is 102 cm³/mol. The summed E-state index contributed by atoms with van der Waals surface area (Å²) in [5, 5.41) is 10.2. The number of nitrogens with two attached hydrogens (primary N) is 1. The van der Waals surface area contributed by atoms with Crippen LogP contribution in [0.2, 0.25) is 0 Å². The quantitative estimate of drug-likeness (QED) is 0.254. The number of hydrogen-bond donors (Lipinski definition) is 1. The third-order valence-corrected chi connectivity index (χ3v) is 6.21. The molecule has 0 aliphatic rings. The predicted octanol–water partition coefficient (Wildman–Crippen LogP) is 3.93. The minimum Gasteiger partial charge on any atom is -0.300 e. The highest BCUT2D eigenvalue weighted by atomic mass is 79.9. The van der Waals surface area contributed by atoms with Gasteiger partial charge in [-0.25, -0.2) is 10.2 Å². The summed E-state index contributed by atoms with van der Waals surface area (Å²) >= 11 is 8.32. The van der Waals surface area contributed by atoms with Crippen LogP contribution in [0.25, 0.3) is 0 Å². The van der Waals surface area contributed by atoms with Gasteiger partial charge in [0.2, 0.25) is 0 Å². The van der Waals surface area contributed by atoms with Crippen LogP contribution in [0.4, 0.5) is 0 Å². The Morgan fingerprint density at radius 1 is 1.39 bits per heavy atom. The summed E-state index contributed by atoms with van der Waals surface area (Å²) in [6.45, 7) is 5.62. The van der Waals surface area contributed by atoms with E-state index in [0.717, 1.165) is 11.9 Å². The van der Waals surface area contributed by atoms with Crippen molar-refractivity contribution >= 4 is 50.9 Å². The standard InChI is InChI=1S/C11H19Br2N2O2PS.CH3NO2/c1-9-7-11(19-10(9)2)8-17-18(14,16)15(5-3-12)6-4-13;1-2(3)4/h7H,3-6,8H2,1-2H3,(H2,14,16);1H3. The molecule has 1 aromatic heterocycles. The minimum atomic E-state index is -3.23. The van der Waals surface area contributed by atoms with Crippen LogP contribution in [0.15, 0.2) is 6.07 Å². The molecular formula is C12H22Br2N3O4PS. The van der Waals surface area contributed by atoms with Crippen LogP contribution in [0.5, 0.6) is 0 Å². The SMILES string of the molecule is C[N+](=O)[O-].Cc1cc(COP(N)(=O)N(CCBr)CCBr)sc1C. The summed E-state index contributed by atoms with van der Waals surface area (Å²) in [5.74, 6) is 0. The minimum absolute atomic E-state index is 0.300. The van der Waals surface area contributed by atoms with Crippen molar-refractivity contribution in [1.82, 2.24) is 4.67 Å². The van der Waals surface area contributed by atoms with E-state index in [0.29, 0.717) is 30.4 Å². The van der Waals surface area contributed by atoms with Gasteiger partial charge in [-0.05, 0) is 25.5 Å². The molecule has 0 saturated heterocycles. The third kappa shape index (κ3) is 9.91. The second kappa shape index (κ2) is 11.7. The van der Waals surface area contributed by atoms with E-state index in [1.807, 2.05) is 0 Å². The molecule has 0 amide bonds. The summed E-state index contributed by atoms with van der Waals surface area (Å²) in [7, 11) is -2.34. The van der Waals surface area contributed by atoms with Crippen molar-refractivity contribution in [2.45, 2.75) is 20.5 Å². The van der Waals surface area contributed by atoms with Crippen molar-refractivity contribution in [3.63, 3.8) is 0 Å². The first-order chi connectivity index (χ1) is 10.6. The van der Waals surface area contributed by atoms with Gasteiger partial charge in [0, 0.05) is 38.4 Å². The second-order valence-electron chi connectivity index (χ2n) is 4.56. The summed E-state index contributed by atoms with van der Waals surface area (Å²) in [5.41, 5.74) is 7.08. The van der Waals surface area contributed by atoms with Gasteiger partial charge in [-0.2, -0.15) is 0 Å². The Balaban J connectivity index is 0.00000108. The Hall–Kier alpha value is 0.170. The van der Waals surface area contributed by atoms with Crippen LogP contribution < -0.4 is 5.50 Å². The normalized spacial score (nSPS) is 13.3. The highest BCUT2D eigenvalue weighted by molar-refractivity contribution is 9.09. The zero-order valence-corrected chi connectivity index (χ0v) is 18.2. The molecule has 1 rings (SSSR count). The Morgan fingerprint density at radius 3 is 2.22 bits per heavy atom. The molecule has 0 aromatic carbocycles. The van der Waals surface area contributed by atoms with Crippen molar-refractivity contribution in [2.24, 2.45) is 5.50 Å². The molecular weight excluding hydrogens is 473 g/mol. The maximum absolute atomic E-state index is 12.4. The molecule has 0 fully saturated rings. The second-order valence-corrected chi connectivity index (χ2v) is 9.44. The average molecular weight is 495 g/mol. The maximum atomic E-state index is 12.4. The van der Waals surface area contributed by atoms with E-state index in [1.54, 1.807) is 16.0 Å². The number of nitrogens with zero attached hydrogens (tertiary/aromatic N) is 2. The van der Waals surface area contributed by atoms with Gasteiger partial charge in [0.05, 0.1) is 6.61 Å². The number of aryl methyl sites for hydroxylation is 2. The number of hydrogen-bond acceptors (Lipinski definition) is 5. The van der Waals surface area contributed by atoms with E-state index in [4.69, 9.17) is 20.1 Å². The molecule has 1 atom stereocenters. The van der Waals surface area contributed by atoms with E-state index in [1.165, 1.54) is 10.4 Å². The first-order valence-corrected chi connectivity index (χ1v) is 11.4. The fraction of sp³-hybridized carbons (Fsp3) is 0.667. The van der Waals surface area contributed by atoms with Crippen LogP contribution in [0, 0.1) is 24.0 Å². The molecule has 0 bridgehead atoms. The molecule has 1 aromatic rings. The van der Waals surface area contributed by atoms with Gasteiger partial charge in [-0.1, -0.05) is 31.9 Å². The highest BCUT2D eigenvalue weighted by Gasteiger charge is 2.26. The number of rotatable bonds is 8. The number of nitro groups is 1. The van der Waals surface area contributed by atoms with Gasteiger partial charge in [0.1, 0.15) is 0 Å². The zero-order chi connectivity index (χ0) is 18.0. The summed E-state index contributed by atoms with van der Waals surface area (Å²) in [6, 6.07) is 2.05. The molecule has 0 saturated carbocycles. The molecule has 1 unspecified atom stereocenters. The van der Waals surface area contributed by atoms with E-state index in [-0.39, 0.29) is 0 Å². The molecule has 0 spiro atoms. The topological polar surface area (TPSA) is 98.7 Å². The Labute approximate surface area is 157 Å². The van der Waals surface area contributed by atoms with Crippen LogP contribution in [-0.4, -0.2) is 40.4 Å². The summed E-state index contributed by atoms with van der Waals surface area (Å²) in [4.78, 5) is 10.6. The highest BCUT2D eigenvalue weighted by Crippen LogP contribution is 2.43. The lowest BCUT2D eigenvalue weighted by Gasteiger charge is -2.26. The van der Waals surface area contributed by atoms with Crippen molar-refractivity contribution < 1.29 is 14.0 Å². The largest absolute Gasteiger partial charge is 0.341 e. The average Bonchev–Trinajstić information content (AvgIpc) is 2.75. The molecule has 7 nitrogen and oxygen atoms in total. The molecule has 0 radical (unpaired) electrons. The fourth-order valence-corrected chi connectivity index (χ4v) is 5.25. The zero-order valence-electron chi connectivity index (χ0n) is 13.3. The molecule has 0 aliphatic heterocycles. The molecule has 11 heteroatoms. The van der Waals surface area contributed by atoms with Gasteiger partial charge >= 0.3 is 7.67 Å². The lowest BCUT2D eigenvalue weighted by Crippen LogP contribution is -2.29. The maximum Gasteiger partial charge on any atom is 0.341 e. The first-order valence-electron chi connectivity index (χ1n) is 6.68. The van der Waals surface area contributed by atoms with E-state index >= 15 is 0 Å². The van der Waals surface area contributed by atoms with E-state index in [9.17, 15) is 4.57 Å². The smallest absolute Gasteiger partial charge is 0.300 e. The van der Waals surface area contributed by atoms with E-state index < -0.39 is 12.6 Å². The fourth-order valence-electron chi connectivity index (χ4n) is 1.54. The molecule has 0 aliphatic carbocycles. The van der Waals surface area contributed by atoms with Gasteiger partial charge in [-0.3, -0.25) is 14.7 Å². The third-order valence-electron chi connectivity index (χ3n) is 2.69. The first kappa shape index (κ1) is 23.2. The Morgan fingerprint density at radius 2 is 1.87 bits per heavy atom. The number of halogens is 2. The molecule has 23 heavy (non-hydrogen) atoms. The number of alkyl halides is 2. The van der Waals surface area contributed by atoms with Crippen LogP contribution >= 0.6 is 50.9 Å². The Kier molecular flexibility index (Phi) is 11.8. The Bertz CT molecular complexity index is 515. The van der Waals surface area contributed by atoms with Gasteiger partial charge in [0.15, 0.2) is 7.05 Å². The monoisotopic (exact) mass is 493 g/mol. The van der Waals surface area contributed by atoms with Crippen molar-refractivity contribution in [3.8, 4) is 0 Å². The molecule has 1 heterocycles. The van der Waals surface area contributed by atoms with Crippen LogP contribution in [0.3, 0.4) is 0 Å². The molecule has 134 valence electrons. The summed E-state index contributed by atoms with van der Waals surface area (Å²) < 4.78 is 19.6. The van der Waals surface area contributed by atoms with Crippen LogP contribution in [0.1, 0.15) is 15.3 Å². The number of thiophene rings is 1. The van der Waals surface area contributed by atoms with Gasteiger partial charge < -0.3 is 4.52 Å². The van der Waals surface area contributed by atoms with Gasteiger partial charge in [-0.15, -0.1) is 11.3 Å². The molecule has 2 N–H and O–H groups in total. The summed E-state index contributed by atoms with van der Waals surface area (Å²) in [6.07, 6.45) is 0. The van der Waals surface area contributed by atoms with Crippen LogP contribution in [-0.2, 0) is 15.7 Å². The van der Waals surface area contributed by atoms with E-state index in [2.05, 4.69) is 51.8 Å². The van der Waals surface area contributed by atoms with Crippen molar-refractivity contribution in [2.75, 3.05) is 30.8 Å². The van der Waals surface area contributed by atoms with Crippen molar-refractivity contribution in [1.29, 1.82) is 0 Å². The van der Waals surface area contributed by atoms with Crippen molar-refractivity contribution in [3.05, 3.63) is 31.5 Å².